The van der Waals surface area contributed by atoms with Crippen molar-refractivity contribution in [3.63, 3.8) is 0 Å². The van der Waals surface area contributed by atoms with Gasteiger partial charge in [-0.05, 0) is 24.1 Å². The number of thioether (sulfide) groups is 1. The normalized spacial score (nSPS) is 21.9. The van der Waals surface area contributed by atoms with Crippen molar-refractivity contribution in [3.05, 3.63) is 23.8 Å². The van der Waals surface area contributed by atoms with Crippen molar-refractivity contribution in [3.8, 4) is 5.75 Å². The first-order chi connectivity index (χ1) is 5.75. The summed E-state index contributed by atoms with van der Waals surface area (Å²) < 4.78 is 0. The third kappa shape index (κ3) is 1.42. The zero-order chi connectivity index (χ0) is 8.55. The lowest BCUT2D eigenvalue weighted by molar-refractivity contribution is 0.473. The van der Waals surface area contributed by atoms with Crippen LogP contribution in [-0.4, -0.2) is 16.9 Å². The van der Waals surface area contributed by atoms with E-state index in [9.17, 15) is 5.11 Å². The first-order valence-electron chi connectivity index (χ1n) is 3.96. The van der Waals surface area contributed by atoms with Crippen LogP contribution >= 0.6 is 11.8 Å². The molecule has 12 heavy (non-hydrogen) atoms. The maximum Gasteiger partial charge on any atom is 0.116 e. The molecule has 3 N–H and O–H groups in total. The topological polar surface area (TPSA) is 46.2 Å². The molecule has 0 saturated heterocycles. The van der Waals surface area contributed by atoms with Crippen LogP contribution in [0.3, 0.4) is 0 Å². The highest BCUT2D eigenvalue weighted by atomic mass is 32.2. The number of benzene rings is 1. The Morgan fingerprint density at radius 1 is 1.50 bits per heavy atom. The van der Waals surface area contributed by atoms with Gasteiger partial charge in [-0.15, -0.1) is 11.8 Å². The van der Waals surface area contributed by atoms with Crippen LogP contribution in [0.5, 0.6) is 5.75 Å². The summed E-state index contributed by atoms with van der Waals surface area (Å²) in [4.78, 5) is 1.18. The molecule has 0 bridgehead atoms. The van der Waals surface area contributed by atoms with Gasteiger partial charge in [-0.25, -0.2) is 0 Å². The molecule has 1 aliphatic heterocycles. The van der Waals surface area contributed by atoms with Gasteiger partial charge >= 0.3 is 0 Å². The van der Waals surface area contributed by atoms with Crippen LogP contribution in [0.15, 0.2) is 23.1 Å². The van der Waals surface area contributed by atoms with Gasteiger partial charge in [0.1, 0.15) is 5.75 Å². The highest BCUT2D eigenvalue weighted by Crippen LogP contribution is 2.31. The van der Waals surface area contributed by atoms with Crippen molar-refractivity contribution in [2.45, 2.75) is 17.4 Å². The number of hydrogen-bond acceptors (Lipinski definition) is 3. The molecule has 0 spiro atoms. The van der Waals surface area contributed by atoms with Crippen molar-refractivity contribution in [1.82, 2.24) is 0 Å². The van der Waals surface area contributed by atoms with E-state index in [-0.39, 0.29) is 6.04 Å². The maximum absolute atomic E-state index is 9.21. The lowest BCUT2D eigenvalue weighted by Crippen LogP contribution is -2.28. The zero-order valence-corrected chi connectivity index (χ0v) is 7.47. The van der Waals surface area contributed by atoms with Crippen molar-refractivity contribution >= 4 is 11.8 Å². The molecule has 1 aliphatic rings. The van der Waals surface area contributed by atoms with Crippen LogP contribution in [0.1, 0.15) is 5.56 Å². The minimum atomic E-state index is 0.270. The fourth-order valence-electron chi connectivity index (χ4n) is 1.38. The van der Waals surface area contributed by atoms with Gasteiger partial charge in [0.15, 0.2) is 0 Å². The zero-order valence-electron chi connectivity index (χ0n) is 6.66. The average Bonchev–Trinajstić information content (AvgIpc) is 2.05. The van der Waals surface area contributed by atoms with E-state index in [0.29, 0.717) is 5.75 Å². The molecule has 0 aliphatic carbocycles. The van der Waals surface area contributed by atoms with E-state index in [0.717, 1.165) is 12.2 Å². The summed E-state index contributed by atoms with van der Waals surface area (Å²) in [5, 5.41) is 9.21. The Morgan fingerprint density at radius 3 is 3.17 bits per heavy atom. The molecular formula is C9H11NOS. The van der Waals surface area contributed by atoms with Crippen LogP contribution in [0.25, 0.3) is 0 Å². The summed E-state index contributed by atoms with van der Waals surface area (Å²) in [6, 6.07) is 5.76. The molecule has 3 heteroatoms. The van der Waals surface area contributed by atoms with Gasteiger partial charge in [-0.2, -0.15) is 0 Å². The third-order valence-corrected chi connectivity index (χ3v) is 3.27. The molecule has 0 radical (unpaired) electrons. The molecule has 0 unspecified atom stereocenters. The van der Waals surface area contributed by atoms with Crippen molar-refractivity contribution in [2.75, 3.05) is 5.75 Å². The highest BCUT2D eigenvalue weighted by molar-refractivity contribution is 7.99. The van der Waals surface area contributed by atoms with Crippen LogP contribution < -0.4 is 5.73 Å². The van der Waals surface area contributed by atoms with E-state index in [4.69, 9.17) is 5.73 Å². The van der Waals surface area contributed by atoms with Crippen LogP contribution in [-0.2, 0) is 6.42 Å². The van der Waals surface area contributed by atoms with Crippen molar-refractivity contribution < 1.29 is 5.11 Å². The third-order valence-electron chi connectivity index (χ3n) is 1.99. The molecule has 1 aromatic rings. The van der Waals surface area contributed by atoms with Crippen molar-refractivity contribution in [1.29, 1.82) is 0 Å². The lowest BCUT2D eigenvalue weighted by Gasteiger charge is -2.20. The van der Waals surface area contributed by atoms with Gasteiger partial charge in [0.05, 0.1) is 0 Å². The Morgan fingerprint density at radius 2 is 2.33 bits per heavy atom. The number of nitrogens with two attached hydrogens (primary N) is 1. The summed E-state index contributed by atoms with van der Waals surface area (Å²) >= 11 is 1.73. The number of rotatable bonds is 0. The number of phenols is 1. The number of fused-ring (bicyclic) bond motifs is 1. The molecule has 1 heterocycles. The molecule has 0 fully saturated rings. The Hall–Kier alpha value is -0.670. The van der Waals surface area contributed by atoms with Gasteiger partial charge in [0.25, 0.3) is 0 Å². The highest BCUT2D eigenvalue weighted by Gasteiger charge is 2.15. The largest absolute Gasteiger partial charge is 0.508 e. The van der Waals surface area contributed by atoms with E-state index in [1.807, 2.05) is 12.1 Å². The maximum atomic E-state index is 9.21. The van der Waals surface area contributed by atoms with E-state index >= 15 is 0 Å². The number of hydrogen-bond donors (Lipinski definition) is 2. The first kappa shape index (κ1) is 7.95. The molecule has 64 valence electrons. The quantitative estimate of drug-likeness (QED) is 0.635. The molecule has 0 saturated carbocycles. The van der Waals surface area contributed by atoms with Gasteiger partial charge in [0.2, 0.25) is 0 Å². The predicted molar refractivity (Wildman–Crippen MR) is 50.5 cm³/mol. The second-order valence-corrected chi connectivity index (χ2v) is 4.13. The van der Waals surface area contributed by atoms with Crippen LogP contribution in [0.4, 0.5) is 0 Å². The molecule has 2 rings (SSSR count). The summed E-state index contributed by atoms with van der Waals surface area (Å²) in [5.74, 6) is 1.30. The van der Waals surface area contributed by atoms with E-state index in [2.05, 4.69) is 0 Å². The number of phenolic OH excluding ortho intramolecular Hbond substituents is 1. The van der Waals surface area contributed by atoms with Crippen LogP contribution in [0, 0.1) is 0 Å². The Labute approximate surface area is 75.8 Å². The van der Waals surface area contributed by atoms with Gasteiger partial charge in [0, 0.05) is 16.7 Å². The molecule has 1 aromatic carbocycles. The smallest absolute Gasteiger partial charge is 0.116 e. The molecule has 0 aromatic heterocycles. The predicted octanol–water partition coefficient (Wildman–Crippen LogP) is 1.37. The second kappa shape index (κ2) is 2.99. The lowest BCUT2D eigenvalue weighted by atomic mass is 10.1. The fourth-order valence-corrected chi connectivity index (χ4v) is 2.44. The monoisotopic (exact) mass is 181 g/mol. The summed E-state index contributed by atoms with van der Waals surface area (Å²) in [6.45, 7) is 0. The minimum Gasteiger partial charge on any atom is -0.508 e. The minimum absolute atomic E-state index is 0.270. The van der Waals surface area contributed by atoms with E-state index < -0.39 is 0 Å². The molecule has 1 atom stereocenters. The number of aromatic hydroxyl groups is 1. The molecule has 0 amide bonds. The molecule has 2 nitrogen and oxygen atoms in total. The van der Waals surface area contributed by atoms with E-state index in [1.165, 1.54) is 10.5 Å². The van der Waals surface area contributed by atoms with Crippen molar-refractivity contribution in [2.24, 2.45) is 5.73 Å². The summed E-state index contributed by atoms with van der Waals surface area (Å²) in [5.41, 5.74) is 7.06. The summed E-state index contributed by atoms with van der Waals surface area (Å²) in [7, 11) is 0. The van der Waals surface area contributed by atoms with Gasteiger partial charge in [-0.3, -0.25) is 0 Å². The Balaban J connectivity index is 2.37. The van der Waals surface area contributed by atoms with Gasteiger partial charge < -0.3 is 10.8 Å². The Bertz CT molecular complexity index is 301. The first-order valence-corrected chi connectivity index (χ1v) is 4.94. The molecular weight excluding hydrogens is 170 g/mol. The SMILES string of the molecule is N[C@@H]1CSc2cc(O)ccc2C1. The fraction of sp³-hybridized carbons (Fsp3) is 0.333. The second-order valence-electron chi connectivity index (χ2n) is 3.07. The standard InChI is InChI=1S/C9H11NOS/c10-7-3-6-1-2-8(11)4-9(6)12-5-7/h1-2,4,7,11H,3,5,10H2/t7-/m0/s1. The van der Waals surface area contributed by atoms with E-state index in [1.54, 1.807) is 17.8 Å². The van der Waals surface area contributed by atoms with Crippen LogP contribution in [0.2, 0.25) is 0 Å². The average molecular weight is 181 g/mol. The summed E-state index contributed by atoms with van der Waals surface area (Å²) in [6.07, 6.45) is 0.933. The Kier molecular flexibility index (Phi) is 1.98. The van der Waals surface area contributed by atoms with Gasteiger partial charge in [-0.1, -0.05) is 6.07 Å².